The summed E-state index contributed by atoms with van der Waals surface area (Å²) in [6.07, 6.45) is 4.26. The monoisotopic (exact) mass is 276 g/mol. The molecule has 3 atom stereocenters. The molecule has 1 aromatic rings. The summed E-state index contributed by atoms with van der Waals surface area (Å²) in [7, 11) is 0. The van der Waals surface area contributed by atoms with Crippen LogP contribution < -0.4 is 5.32 Å². The summed E-state index contributed by atoms with van der Waals surface area (Å²) < 4.78 is 14.0. The van der Waals surface area contributed by atoms with E-state index in [4.69, 9.17) is 0 Å². The van der Waals surface area contributed by atoms with Gasteiger partial charge in [-0.25, -0.2) is 4.39 Å². The molecule has 3 nitrogen and oxygen atoms in total. The Labute approximate surface area is 119 Å². The highest BCUT2D eigenvalue weighted by atomic mass is 19.1. The van der Waals surface area contributed by atoms with Gasteiger partial charge in [0.2, 0.25) is 5.91 Å². The van der Waals surface area contributed by atoms with Gasteiger partial charge in [-0.3, -0.25) is 10.1 Å². The third-order valence-corrected chi connectivity index (χ3v) is 4.64. The van der Waals surface area contributed by atoms with Crippen molar-refractivity contribution in [2.24, 2.45) is 5.92 Å². The number of amides is 1. The van der Waals surface area contributed by atoms with Crippen LogP contribution in [0, 0.1) is 11.7 Å². The molecule has 1 N–H and O–H groups in total. The average molecular weight is 276 g/mol. The predicted molar refractivity (Wildman–Crippen MR) is 75.4 cm³/mol. The first kappa shape index (κ1) is 13.6. The first-order chi connectivity index (χ1) is 9.68. The summed E-state index contributed by atoms with van der Waals surface area (Å²) >= 11 is 0. The van der Waals surface area contributed by atoms with Gasteiger partial charge in [-0.15, -0.1) is 0 Å². The molecule has 0 bridgehead atoms. The first-order valence-corrected chi connectivity index (χ1v) is 7.47. The van der Waals surface area contributed by atoms with E-state index in [0.29, 0.717) is 18.0 Å². The van der Waals surface area contributed by atoms with E-state index < -0.39 is 0 Å². The van der Waals surface area contributed by atoms with Crippen molar-refractivity contribution >= 4 is 5.91 Å². The van der Waals surface area contributed by atoms with Gasteiger partial charge in [0.1, 0.15) is 12.0 Å². The van der Waals surface area contributed by atoms with Crippen molar-refractivity contribution < 1.29 is 9.18 Å². The van der Waals surface area contributed by atoms with Crippen molar-refractivity contribution in [1.82, 2.24) is 10.2 Å². The second-order valence-corrected chi connectivity index (χ2v) is 5.94. The van der Waals surface area contributed by atoms with Crippen molar-refractivity contribution in [1.29, 1.82) is 0 Å². The van der Waals surface area contributed by atoms with E-state index in [0.717, 1.165) is 19.3 Å². The second-order valence-electron chi connectivity index (χ2n) is 5.94. The lowest BCUT2D eigenvalue weighted by Gasteiger charge is -2.39. The van der Waals surface area contributed by atoms with E-state index in [1.54, 1.807) is 12.1 Å². The summed E-state index contributed by atoms with van der Waals surface area (Å²) in [6.45, 7) is 2.51. The molecule has 0 aromatic heterocycles. The van der Waals surface area contributed by atoms with E-state index in [2.05, 4.69) is 12.2 Å². The Bertz CT molecular complexity index is 505. The molecule has 1 aliphatic heterocycles. The Morgan fingerprint density at radius 3 is 2.75 bits per heavy atom. The number of hydrogen-bond donors (Lipinski definition) is 1. The molecule has 20 heavy (non-hydrogen) atoms. The zero-order valence-electron chi connectivity index (χ0n) is 11.8. The summed E-state index contributed by atoms with van der Waals surface area (Å²) in [4.78, 5) is 14.1. The summed E-state index contributed by atoms with van der Waals surface area (Å²) in [5, 5.41) is 3.17. The van der Waals surface area contributed by atoms with Gasteiger partial charge in [0.25, 0.3) is 0 Å². The van der Waals surface area contributed by atoms with Crippen LogP contribution >= 0.6 is 0 Å². The molecule has 1 saturated carbocycles. The Hall–Kier alpha value is -1.42. The molecule has 1 aromatic carbocycles. The minimum Gasteiger partial charge on any atom is -0.318 e. The van der Waals surface area contributed by atoms with Gasteiger partial charge in [0.15, 0.2) is 0 Å². The molecular formula is C16H21FN2O. The molecule has 2 fully saturated rings. The number of nitrogens with zero attached hydrogens (tertiary/aromatic N) is 1. The van der Waals surface area contributed by atoms with Crippen LogP contribution in [-0.4, -0.2) is 23.4 Å². The van der Waals surface area contributed by atoms with Crippen molar-refractivity contribution in [3.05, 3.63) is 35.6 Å². The maximum Gasteiger partial charge on any atom is 0.238 e. The molecule has 2 aliphatic rings. The average Bonchev–Trinajstić information content (AvgIpc) is 2.82. The van der Waals surface area contributed by atoms with E-state index in [1.165, 1.54) is 12.5 Å². The normalized spacial score (nSPS) is 30.8. The SMILES string of the molecule is CC1CCCCC1N1C(=O)CNC1c1ccccc1F. The van der Waals surface area contributed by atoms with E-state index in [1.807, 2.05) is 11.0 Å². The highest BCUT2D eigenvalue weighted by Crippen LogP contribution is 2.35. The molecule has 0 spiro atoms. The summed E-state index contributed by atoms with van der Waals surface area (Å²) in [6, 6.07) is 6.97. The quantitative estimate of drug-likeness (QED) is 0.901. The number of benzene rings is 1. The zero-order valence-corrected chi connectivity index (χ0v) is 11.8. The number of carbonyl (C=O) groups excluding carboxylic acids is 1. The lowest BCUT2D eigenvalue weighted by Crippen LogP contribution is -2.44. The lowest BCUT2D eigenvalue weighted by atomic mass is 9.84. The third kappa shape index (κ3) is 2.33. The minimum absolute atomic E-state index is 0.0944. The smallest absolute Gasteiger partial charge is 0.238 e. The van der Waals surface area contributed by atoms with Crippen molar-refractivity contribution in [3.8, 4) is 0 Å². The Morgan fingerprint density at radius 2 is 2.00 bits per heavy atom. The molecule has 1 aliphatic carbocycles. The zero-order chi connectivity index (χ0) is 14.1. The number of nitrogens with one attached hydrogen (secondary N) is 1. The molecule has 1 saturated heterocycles. The number of rotatable bonds is 2. The van der Waals surface area contributed by atoms with Gasteiger partial charge in [-0.2, -0.15) is 0 Å². The largest absolute Gasteiger partial charge is 0.318 e. The van der Waals surface area contributed by atoms with Crippen molar-refractivity contribution in [2.45, 2.75) is 44.8 Å². The van der Waals surface area contributed by atoms with Crippen LogP contribution in [0.5, 0.6) is 0 Å². The van der Waals surface area contributed by atoms with Gasteiger partial charge in [0, 0.05) is 11.6 Å². The van der Waals surface area contributed by atoms with E-state index in [-0.39, 0.29) is 23.9 Å². The lowest BCUT2D eigenvalue weighted by molar-refractivity contribution is -0.132. The predicted octanol–water partition coefficient (Wildman–Crippen LogP) is 2.83. The minimum atomic E-state index is -0.311. The summed E-state index contributed by atoms with van der Waals surface area (Å²) in [5.41, 5.74) is 0.580. The Balaban J connectivity index is 1.90. The van der Waals surface area contributed by atoms with Crippen molar-refractivity contribution in [3.63, 3.8) is 0 Å². The van der Waals surface area contributed by atoms with Gasteiger partial charge >= 0.3 is 0 Å². The molecule has 3 rings (SSSR count). The number of carbonyl (C=O) groups is 1. The molecular weight excluding hydrogens is 255 g/mol. The number of halogens is 1. The number of hydrogen-bond acceptors (Lipinski definition) is 2. The van der Waals surface area contributed by atoms with Crippen LogP contribution in [0.15, 0.2) is 24.3 Å². The van der Waals surface area contributed by atoms with Crippen LogP contribution in [0.1, 0.15) is 44.3 Å². The standard InChI is InChI=1S/C16H21FN2O/c1-11-6-2-5-9-14(11)19-15(20)10-18-16(19)12-7-3-4-8-13(12)17/h3-4,7-8,11,14,16,18H,2,5-6,9-10H2,1H3. The second kappa shape index (κ2) is 5.52. The van der Waals surface area contributed by atoms with Crippen molar-refractivity contribution in [2.75, 3.05) is 6.54 Å². The third-order valence-electron chi connectivity index (χ3n) is 4.64. The molecule has 1 heterocycles. The van der Waals surface area contributed by atoms with Crippen LogP contribution in [0.4, 0.5) is 4.39 Å². The molecule has 108 valence electrons. The highest BCUT2D eigenvalue weighted by Gasteiger charge is 2.40. The Morgan fingerprint density at radius 1 is 1.25 bits per heavy atom. The molecule has 4 heteroatoms. The van der Waals surface area contributed by atoms with Crippen LogP contribution in [-0.2, 0) is 4.79 Å². The van der Waals surface area contributed by atoms with Crippen LogP contribution in [0.25, 0.3) is 0 Å². The first-order valence-electron chi connectivity index (χ1n) is 7.47. The van der Waals surface area contributed by atoms with Crippen LogP contribution in [0.3, 0.4) is 0 Å². The van der Waals surface area contributed by atoms with Gasteiger partial charge in [-0.05, 0) is 24.8 Å². The fourth-order valence-corrected chi connectivity index (χ4v) is 3.56. The highest BCUT2D eigenvalue weighted by molar-refractivity contribution is 5.81. The molecule has 3 unspecified atom stereocenters. The van der Waals surface area contributed by atoms with E-state index >= 15 is 0 Å². The van der Waals surface area contributed by atoms with Gasteiger partial charge < -0.3 is 4.90 Å². The fourth-order valence-electron chi connectivity index (χ4n) is 3.56. The molecule has 1 amide bonds. The van der Waals surface area contributed by atoms with Gasteiger partial charge in [-0.1, -0.05) is 38.0 Å². The maximum atomic E-state index is 14.0. The van der Waals surface area contributed by atoms with Crippen LogP contribution in [0.2, 0.25) is 0 Å². The molecule has 0 radical (unpaired) electrons. The fraction of sp³-hybridized carbons (Fsp3) is 0.562. The topological polar surface area (TPSA) is 32.3 Å². The maximum absolute atomic E-state index is 14.0. The van der Waals surface area contributed by atoms with Gasteiger partial charge in [0.05, 0.1) is 6.54 Å². The summed E-state index contributed by atoms with van der Waals surface area (Å²) in [5.74, 6) is 0.340. The Kier molecular flexibility index (Phi) is 3.74. The van der Waals surface area contributed by atoms with E-state index in [9.17, 15) is 9.18 Å².